The number of carbonyl (C=O) groups is 1. The van der Waals surface area contributed by atoms with Crippen molar-refractivity contribution in [3.05, 3.63) is 35.6 Å². The molecule has 0 heterocycles. The molecule has 0 fully saturated rings. The predicted molar refractivity (Wildman–Crippen MR) is 51.7 cm³/mol. The van der Waals surface area contributed by atoms with Gasteiger partial charge in [-0.3, -0.25) is 4.79 Å². The third-order valence-corrected chi connectivity index (χ3v) is 2.40. The molecular weight excluding hydrogens is 207 g/mol. The average molecular weight is 217 g/mol. The zero-order valence-electron chi connectivity index (χ0n) is 7.58. The highest BCUT2D eigenvalue weighted by atomic mass is 35.5. The summed E-state index contributed by atoms with van der Waals surface area (Å²) in [5.41, 5.74) is 0.306. The Hall–Kier alpha value is -0.930. The van der Waals surface area contributed by atoms with Gasteiger partial charge < -0.3 is 5.11 Å². The number of hydrogen-bond acceptors (Lipinski definition) is 2. The van der Waals surface area contributed by atoms with Gasteiger partial charge >= 0.3 is 0 Å². The van der Waals surface area contributed by atoms with Gasteiger partial charge in [-0.05, 0) is 24.6 Å². The van der Waals surface area contributed by atoms with E-state index in [2.05, 4.69) is 0 Å². The molecule has 0 aliphatic heterocycles. The molecule has 1 rings (SSSR count). The minimum atomic E-state index is -1.16. The number of hydrogen-bond donors (Lipinski definition) is 1. The van der Waals surface area contributed by atoms with Gasteiger partial charge in [0.05, 0.1) is 0 Å². The number of benzene rings is 1. The molecule has 4 heteroatoms. The fourth-order valence-corrected chi connectivity index (χ4v) is 1.23. The highest BCUT2D eigenvalue weighted by molar-refractivity contribution is 6.31. The second-order valence-electron chi connectivity index (χ2n) is 3.01. The summed E-state index contributed by atoms with van der Waals surface area (Å²) in [7, 11) is 0. The monoisotopic (exact) mass is 216 g/mol. The molecule has 2 unspecified atom stereocenters. The van der Waals surface area contributed by atoms with Gasteiger partial charge in [0, 0.05) is 0 Å². The van der Waals surface area contributed by atoms with Crippen molar-refractivity contribution >= 4 is 17.4 Å². The van der Waals surface area contributed by atoms with Crippen molar-refractivity contribution in [3.8, 4) is 0 Å². The van der Waals surface area contributed by atoms with Gasteiger partial charge in [-0.15, -0.1) is 11.6 Å². The summed E-state index contributed by atoms with van der Waals surface area (Å²) in [6.07, 6.45) is -1.16. The molecule has 0 aliphatic rings. The van der Waals surface area contributed by atoms with Gasteiger partial charge in [0.1, 0.15) is 17.3 Å². The van der Waals surface area contributed by atoms with Crippen LogP contribution in [0.15, 0.2) is 24.3 Å². The van der Waals surface area contributed by atoms with Crippen LogP contribution in [-0.4, -0.2) is 16.3 Å². The molecule has 1 aromatic rings. The number of alkyl halides is 1. The highest BCUT2D eigenvalue weighted by Crippen LogP contribution is 2.22. The van der Waals surface area contributed by atoms with E-state index < -0.39 is 17.3 Å². The normalized spacial score (nSPS) is 14.9. The Morgan fingerprint density at radius 3 is 2.71 bits per heavy atom. The summed E-state index contributed by atoms with van der Waals surface area (Å²) in [6, 6.07) is 5.39. The Bertz CT molecular complexity index is 341. The number of carbonyl (C=O) groups excluding carboxylic acids is 1. The first-order valence-electron chi connectivity index (χ1n) is 4.10. The van der Waals surface area contributed by atoms with Crippen molar-refractivity contribution in [1.29, 1.82) is 0 Å². The van der Waals surface area contributed by atoms with E-state index in [0.29, 0.717) is 5.56 Å². The van der Waals surface area contributed by atoms with Gasteiger partial charge in [0.15, 0.2) is 5.78 Å². The molecule has 0 bridgehead atoms. The van der Waals surface area contributed by atoms with Crippen molar-refractivity contribution in [1.82, 2.24) is 0 Å². The van der Waals surface area contributed by atoms with Gasteiger partial charge in [0.2, 0.25) is 0 Å². The summed E-state index contributed by atoms with van der Waals surface area (Å²) in [5.74, 6) is -0.808. The maximum Gasteiger partial charge on any atom is 0.150 e. The maximum atomic E-state index is 12.8. The largest absolute Gasteiger partial charge is 0.386 e. The molecule has 2 atom stereocenters. The Labute approximate surface area is 86.3 Å². The third kappa shape index (κ3) is 2.53. The molecule has 0 saturated carbocycles. The van der Waals surface area contributed by atoms with E-state index in [1.54, 1.807) is 0 Å². The van der Waals surface area contributed by atoms with Gasteiger partial charge in [0.25, 0.3) is 0 Å². The Morgan fingerprint density at radius 2 is 2.21 bits per heavy atom. The molecule has 1 N–H and O–H groups in total. The molecule has 2 nitrogen and oxygen atoms in total. The Balaban J connectivity index is 2.89. The molecule has 0 aliphatic carbocycles. The van der Waals surface area contributed by atoms with Crippen molar-refractivity contribution in [2.45, 2.75) is 18.4 Å². The van der Waals surface area contributed by atoms with Crippen LogP contribution in [0.2, 0.25) is 0 Å². The van der Waals surface area contributed by atoms with Crippen molar-refractivity contribution in [2.75, 3.05) is 0 Å². The number of Topliss-reactive ketones (excluding diaryl/α,β-unsaturated/α-hetero) is 1. The topological polar surface area (TPSA) is 37.3 Å². The molecule has 0 spiro atoms. The van der Waals surface area contributed by atoms with Crippen LogP contribution in [0.25, 0.3) is 0 Å². The Kier molecular flexibility index (Phi) is 3.61. The number of aliphatic hydroxyl groups is 1. The lowest BCUT2D eigenvalue weighted by atomic mass is 10.0. The zero-order chi connectivity index (χ0) is 10.7. The second kappa shape index (κ2) is 4.53. The maximum absolute atomic E-state index is 12.8. The molecule has 0 radical (unpaired) electrons. The number of halogens is 2. The zero-order valence-corrected chi connectivity index (χ0v) is 8.33. The quantitative estimate of drug-likeness (QED) is 0.786. The summed E-state index contributed by atoms with van der Waals surface area (Å²) in [4.78, 5) is 10.9. The first-order chi connectivity index (χ1) is 6.52. The summed E-state index contributed by atoms with van der Waals surface area (Å²) in [5, 5.41) is 8.53. The smallest absolute Gasteiger partial charge is 0.150 e. The van der Waals surface area contributed by atoms with Gasteiger partial charge in [-0.2, -0.15) is 0 Å². The number of aliphatic hydroxyl groups excluding tert-OH is 1. The Morgan fingerprint density at radius 1 is 1.57 bits per heavy atom. The minimum absolute atomic E-state index is 0.306. The third-order valence-electron chi connectivity index (χ3n) is 1.86. The lowest BCUT2D eigenvalue weighted by molar-refractivity contribution is -0.118. The van der Waals surface area contributed by atoms with E-state index >= 15 is 0 Å². The van der Waals surface area contributed by atoms with E-state index in [9.17, 15) is 14.3 Å². The first kappa shape index (κ1) is 11.1. The standard InChI is InChI=1S/C10H10ClFO2/c1-6(13)9(11)10(14)7-3-2-4-8(12)5-7/h2-5,9-10,14H,1H3. The lowest BCUT2D eigenvalue weighted by Crippen LogP contribution is -2.20. The number of ketones is 1. The molecule has 14 heavy (non-hydrogen) atoms. The summed E-state index contributed by atoms with van der Waals surface area (Å²) < 4.78 is 12.8. The SMILES string of the molecule is CC(=O)C(Cl)C(O)c1cccc(F)c1. The van der Waals surface area contributed by atoms with Gasteiger partial charge in [-0.1, -0.05) is 12.1 Å². The lowest BCUT2D eigenvalue weighted by Gasteiger charge is -2.14. The summed E-state index contributed by atoms with van der Waals surface area (Å²) >= 11 is 5.63. The second-order valence-corrected chi connectivity index (χ2v) is 3.48. The van der Waals surface area contributed by atoms with Crippen LogP contribution in [0.3, 0.4) is 0 Å². The van der Waals surface area contributed by atoms with Crippen molar-refractivity contribution in [3.63, 3.8) is 0 Å². The fourth-order valence-electron chi connectivity index (χ4n) is 1.08. The van der Waals surface area contributed by atoms with E-state index in [1.807, 2.05) is 0 Å². The fraction of sp³-hybridized carbons (Fsp3) is 0.300. The predicted octanol–water partition coefficient (Wildman–Crippen LogP) is 2.06. The van der Waals surface area contributed by atoms with Crippen LogP contribution in [-0.2, 0) is 4.79 Å². The van der Waals surface area contributed by atoms with Gasteiger partial charge in [-0.25, -0.2) is 4.39 Å². The number of rotatable bonds is 3. The molecular formula is C10H10ClFO2. The van der Waals surface area contributed by atoms with Crippen molar-refractivity contribution in [2.24, 2.45) is 0 Å². The van der Waals surface area contributed by atoms with Crippen LogP contribution in [0.1, 0.15) is 18.6 Å². The minimum Gasteiger partial charge on any atom is -0.386 e. The average Bonchev–Trinajstić information content (AvgIpc) is 2.15. The van der Waals surface area contributed by atoms with Crippen LogP contribution in [0.4, 0.5) is 4.39 Å². The van der Waals surface area contributed by atoms with E-state index in [1.165, 1.54) is 25.1 Å². The van der Waals surface area contributed by atoms with E-state index in [4.69, 9.17) is 11.6 Å². The van der Waals surface area contributed by atoms with Crippen molar-refractivity contribution < 1.29 is 14.3 Å². The summed E-state index contributed by atoms with van der Waals surface area (Å²) in [6.45, 7) is 1.28. The van der Waals surface area contributed by atoms with E-state index in [-0.39, 0.29) is 5.78 Å². The molecule has 0 amide bonds. The molecule has 0 aromatic heterocycles. The molecule has 0 saturated heterocycles. The van der Waals surface area contributed by atoms with E-state index in [0.717, 1.165) is 6.07 Å². The van der Waals surface area contributed by atoms with Crippen LogP contribution < -0.4 is 0 Å². The van der Waals surface area contributed by atoms with Crippen LogP contribution in [0, 0.1) is 5.82 Å². The molecule has 76 valence electrons. The first-order valence-corrected chi connectivity index (χ1v) is 4.54. The molecule has 1 aromatic carbocycles. The highest BCUT2D eigenvalue weighted by Gasteiger charge is 2.22. The van der Waals surface area contributed by atoms with Crippen LogP contribution >= 0.6 is 11.6 Å². The van der Waals surface area contributed by atoms with Crippen LogP contribution in [0.5, 0.6) is 0 Å².